The van der Waals surface area contributed by atoms with Gasteiger partial charge in [0.15, 0.2) is 17.3 Å². The number of ketones is 3. The Morgan fingerprint density at radius 2 is 0.733 bits per heavy atom. The van der Waals surface area contributed by atoms with Crippen molar-refractivity contribution in [2.75, 3.05) is 0 Å². The summed E-state index contributed by atoms with van der Waals surface area (Å²) in [4.78, 5) is 76.5. The summed E-state index contributed by atoms with van der Waals surface area (Å²) in [5.74, 6) is -1.82. The lowest BCUT2D eigenvalue weighted by Gasteiger charge is -2.22. The van der Waals surface area contributed by atoms with Gasteiger partial charge in [-0.25, -0.2) is 28.1 Å². The van der Waals surface area contributed by atoms with Crippen molar-refractivity contribution in [3.8, 4) is 0 Å². The van der Waals surface area contributed by atoms with Gasteiger partial charge in [-0.05, 0) is 58.3 Å². The van der Waals surface area contributed by atoms with E-state index in [9.17, 15) is 28.8 Å². The van der Waals surface area contributed by atoms with Gasteiger partial charge in [0.05, 0.1) is 0 Å². The maximum absolute atomic E-state index is 13.1. The van der Waals surface area contributed by atoms with Crippen LogP contribution in [-0.4, -0.2) is 31.1 Å². The first-order valence-corrected chi connectivity index (χ1v) is 9.25. The molecule has 0 saturated heterocycles. The van der Waals surface area contributed by atoms with Gasteiger partial charge in [0.1, 0.15) is 18.1 Å². The summed E-state index contributed by atoms with van der Waals surface area (Å²) in [7, 11) is 0. The topological polar surface area (TPSA) is 117 Å². The molecule has 0 spiro atoms. The number of carbonyl (C=O) groups excluding carboxylic acids is 3. The molecule has 0 fully saturated rings. The monoisotopic (exact) mass is 417 g/mol. The Balaban J connectivity index is 4.12. The van der Waals surface area contributed by atoms with E-state index < -0.39 is 52.5 Å². The average molecular weight is 417 g/mol. The minimum Gasteiger partial charge on any atom is -0.292 e. The second-order valence-corrected chi connectivity index (χ2v) is 7.42. The number of aromatic nitrogens is 3. The van der Waals surface area contributed by atoms with Crippen molar-refractivity contribution in [3.63, 3.8) is 0 Å². The van der Waals surface area contributed by atoms with Gasteiger partial charge in [0, 0.05) is 0 Å². The normalized spacial score (nSPS) is 13.8. The van der Waals surface area contributed by atoms with Crippen molar-refractivity contribution in [1.29, 1.82) is 0 Å². The second kappa shape index (κ2) is 8.98. The first-order valence-electron chi connectivity index (χ1n) is 9.25. The zero-order valence-electron chi connectivity index (χ0n) is 18.1. The molecule has 9 nitrogen and oxygen atoms in total. The molecule has 0 radical (unpaired) electrons. The Morgan fingerprint density at radius 1 is 0.567 bits per heavy atom. The number of hydrogen-bond donors (Lipinski definition) is 0. The quantitative estimate of drug-likeness (QED) is 0.559. The highest BCUT2D eigenvalue weighted by molar-refractivity contribution is 5.98. The Hall–Kier alpha value is -3.36. The fraction of sp³-hybridized carbons (Fsp3) is 0.429. The fourth-order valence-corrected chi connectivity index (χ4v) is 3.01. The molecule has 0 N–H and O–H groups in total. The van der Waals surface area contributed by atoms with E-state index in [0.29, 0.717) is 13.7 Å². The Morgan fingerprint density at radius 3 is 0.867 bits per heavy atom. The number of rotatable bonds is 9. The van der Waals surface area contributed by atoms with Crippen LogP contribution in [0.15, 0.2) is 50.8 Å². The van der Waals surface area contributed by atoms with Gasteiger partial charge in [-0.2, -0.15) is 0 Å². The zero-order valence-corrected chi connectivity index (χ0v) is 18.1. The molecule has 0 aliphatic carbocycles. The summed E-state index contributed by atoms with van der Waals surface area (Å²) in [5, 5.41) is 0. The van der Waals surface area contributed by atoms with Crippen LogP contribution < -0.4 is 17.1 Å². The van der Waals surface area contributed by atoms with Crippen LogP contribution in [0.2, 0.25) is 0 Å². The van der Waals surface area contributed by atoms with Crippen LogP contribution in [0.3, 0.4) is 0 Å². The van der Waals surface area contributed by atoms with Gasteiger partial charge in [0.2, 0.25) is 0 Å². The van der Waals surface area contributed by atoms with Gasteiger partial charge < -0.3 is 0 Å². The molecule has 3 atom stereocenters. The summed E-state index contributed by atoms with van der Waals surface area (Å²) in [6.45, 7) is 18.7. The van der Waals surface area contributed by atoms with Gasteiger partial charge in [-0.3, -0.25) is 14.4 Å². The predicted molar refractivity (Wildman–Crippen MR) is 113 cm³/mol. The van der Waals surface area contributed by atoms with E-state index in [-0.39, 0.29) is 16.7 Å². The molecule has 0 bridgehead atoms. The molecule has 1 heterocycles. The number of hydrogen-bond acceptors (Lipinski definition) is 6. The van der Waals surface area contributed by atoms with E-state index in [1.54, 1.807) is 0 Å². The number of allylic oxidation sites excluding steroid dienone is 3. The summed E-state index contributed by atoms with van der Waals surface area (Å²) >= 11 is 0. The van der Waals surface area contributed by atoms with Crippen LogP contribution in [0.25, 0.3) is 0 Å². The molecule has 3 unspecified atom stereocenters. The lowest BCUT2D eigenvalue weighted by atomic mass is 10.1. The molecule has 30 heavy (non-hydrogen) atoms. The fourth-order valence-electron chi connectivity index (χ4n) is 3.01. The van der Waals surface area contributed by atoms with Crippen molar-refractivity contribution >= 4 is 17.3 Å². The van der Waals surface area contributed by atoms with E-state index in [4.69, 9.17) is 0 Å². The molecule has 0 aromatic carbocycles. The molecule has 0 saturated carbocycles. The third-order valence-corrected chi connectivity index (χ3v) is 4.80. The summed E-state index contributed by atoms with van der Waals surface area (Å²) in [6, 6.07) is -3.92. The lowest BCUT2D eigenvalue weighted by molar-refractivity contribution is -0.118. The molecule has 9 heteroatoms. The summed E-state index contributed by atoms with van der Waals surface area (Å²) in [5.41, 5.74) is -3.14. The highest BCUT2D eigenvalue weighted by Crippen LogP contribution is 2.12. The van der Waals surface area contributed by atoms with Gasteiger partial charge in [-0.15, -0.1) is 0 Å². The van der Waals surface area contributed by atoms with Crippen molar-refractivity contribution in [2.45, 2.75) is 59.7 Å². The van der Waals surface area contributed by atoms with Gasteiger partial charge >= 0.3 is 17.1 Å². The van der Waals surface area contributed by atoms with Crippen LogP contribution in [-0.2, 0) is 14.4 Å². The van der Waals surface area contributed by atoms with E-state index >= 15 is 0 Å². The van der Waals surface area contributed by atoms with E-state index in [1.807, 2.05) is 0 Å². The van der Waals surface area contributed by atoms with Crippen LogP contribution in [0.4, 0.5) is 0 Å². The molecule has 1 aromatic heterocycles. The van der Waals surface area contributed by atoms with Crippen LogP contribution >= 0.6 is 0 Å². The minimum atomic E-state index is -1.31. The third kappa shape index (κ3) is 4.29. The van der Waals surface area contributed by atoms with Crippen molar-refractivity contribution < 1.29 is 14.4 Å². The Bertz CT molecular complexity index is 972. The summed E-state index contributed by atoms with van der Waals surface area (Å²) in [6.07, 6.45) is 0. The smallest absolute Gasteiger partial charge is 0.292 e. The first-order chi connectivity index (χ1) is 13.7. The molecule has 0 amide bonds. The van der Waals surface area contributed by atoms with Crippen molar-refractivity contribution in [2.24, 2.45) is 0 Å². The van der Waals surface area contributed by atoms with Gasteiger partial charge in [0.25, 0.3) is 0 Å². The molecular weight excluding hydrogens is 390 g/mol. The highest BCUT2D eigenvalue weighted by Gasteiger charge is 2.31. The molecule has 0 aliphatic rings. The van der Waals surface area contributed by atoms with E-state index in [1.165, 1.54) is 41.5 Å². The molecule has 162 valence electrons. The van der Waals surface area contributed by atoms with E-state index in [2.05, 4.69) is 19.7 Å². The predicted octanol–water partition coefficient (Wildman–Crippen LogP) is 1.29. The van der Waals surface area contributed by atoms with Crippen LogP contribution in [0, 0.1) is 0 Å². The van der Waals surface area contributed by atoms with Crippen molar-refractivity contribution in [1.82, 2.24) is 13.7 Å². The standard InChI is InChI=1S/C21H27N3O6/c1-10(2)16(25)13(7)22-19(28)23(14(8)17(26)11(3)4)21(30)24(20(22)29)15(9)18(27)12(5)6/h13-15H,1,3,5H2,2,4,6-9H3. The van der Waals surface area contributed by atoms with Crippen LogP contribution in [0.5, 0.6) is 0 Å². The number of nitrogens with zero attached hydrogens (tertiary/aromatic N) is 3. The highest BCUT2D eigenvalue weighted by atomic mass is 16.2. The maximum Gasteiger partial charge on any atom is 0.337 e. The average Bonchev–Trinajstić information content (AvgIpc) is 2.64. The maximum atomic E-state index is 13.1. The molecule has 1 rings (SSSR count). The molecular formula is C21H27N3O6. The SMILES string of the molecule is C=C(C)C(=O)C(C)n1c(=O)n(C(C)C(=O)C(=C)C)c(=O)n(C(C)C(=O)C(=C)C)c1=O. The lowest BCUT2D eigenvalue weighted by Crippen LogP contribution is -2.58. The third-order valence-electron chi connectivity index (χ3n) is 4.80. The van der Waals surface area contributed by atoms with Crippen molar-refractivity contribution in [3.05, 3.63) is 67.9 Å². The Kier molecular flexibility index (Phi) is 7.39. The largest absolute Gasteiger partial charge is 0.337 e. The number of carbonyl (C=O) groups is 3. The zero-order chi connectivity index (χ0) is 23.7. The Labute approximate surface area is 173 Å². The molecule has 1 aromatic rings. The van der Waals surface area contributed by atoms with Gasteiger partial charge in [-0.1, -0.05) is 19.7 Å². The first kappa shape index (κ1) is 24.7. The summed E-state index contributed by atoms with van der Waals surface area (Å²) < 4.78 is 1.68. The van der Waals surface area contributed by atoms with Crippen LogP contribution in [0.1, 0.15) is 59.7 Å². The van der Waals surface area contributed by atoms with E-state index in [0.717, 1.165) is 0 Å². The number of Topliss-reactive ketones (excluding diaryl/α,β-unsaturated/α-hetero) is 3. The minimum absolute atomic E-state index is 0.0928. The molecule has 0 aliphatic heterocycles. The second-order valence-electron chi connectivity index (χ2n) is 7.42.